The van der Waals surface area contributed by atoms with Crippen LogP contribution >= 0.6 is 11.3 Å². The third kappa shape index (κ3) is 3.78. The largest absolute Gasteiger partial charge is 0.367 e. The molecule has 1 fully saturated rings. The van der Waals surface area contributed by atoms with Gasteiger partial charge in [0.15, 0.2) is 0 Å². The molecule has 1 saturated heterocycles. The predicted octanol–water partition coefficient (Wildman–Crippen LogP) is 1.15. The minimum Gasteiger partial charge on any atom is -0.367 e. The van der Waals surface area contributed by atoms with Crippen LogP contribution in [0.4, 0.5) is 15.2 Å². The molecule has 134 valence electrons. The topological polar surface area (TPSA) is 95.5 Å². The van der Waals surface area contributed by atoms with Crippen molar-refractivity contribution in [2.45, 2.75) is 11.3 Å². The van der Waals surface area contributed by atoms with Crippen LogP contribution in [0.3, 0.4) is 0 Å². The first-order chi connectivity index (χ1) is 11.9. The number of carbonyl (C=O) groups excluding carboxylic acids is 1. The molecular weight excluding hydrogens is 369 g/mol. The molecule has 1 aliphatic rings. The second-order valence-electron chi connectivity index (χ2n) is 5.40. The fourth-order valence-electron chi connectivity index (χ4n) is 2.50. The highest BCUT2D eigenvalue weighted by Gasteiger charge is 2.32. The molecule has 0 unspecified atom stereocenters. The number of halogens is 1. The highest BCUT2D eigenvalue weighted by atomic mass is 32.2. The second kappa shape index (κ2) is 7.02. The van der Waals surface area contributed by atoms with Crippen molar-refractivity contribution in [2.24, 2.45) is 0 Å². The Labute approximate surface area is 148 Å². The number of anilines is 2. The third-order valence-electron chi connectivity index (χ3n) is 3.68. The average Bonchev–Trinajstić information content (AvgIpc) is 3.04. The molecule has 2 aromatic rings. The number of benzene rings is 1. The van der Waals surface area contributed by atoms with Crippen molar-refractivity contribution in [3.63, 3.8) is 0 Å². The van der Waals surface area contributed by atoms with Gasteiger partial charge in [-0.1, -0.05) is 23.5 Å². The zero-order chi connectivity index (χ0) is 18.0. The molecule has 0 spiro atoms. The van der Waals surface area contributed by atoms with Crippen molar-refractivity contribution in [3.8, 4) is 0 Å². The lowest BCUT2D eigenvalue weighted by molar-refractivity contribution is -0.114. The van der Waals surface area contributed by atoms with E-state index in [4.69, 9.17) is 0 Å². The first-order valence-corrected chi connectivity index (χ1v) is 9.74. The summed E-state index contributed by atoms with van der Waals surface area (Å²) < 4.78 is 40.2. The highest BCUT2D eigenvalue weighted by Crippen LogP contribution is 2.26. The molecule has 11 heteroatoms. The minimum atomic E-state index is -3.79. The highest BCUT2D eigenvalue weighted by molar-refractivity contribution is 7.91. The van der Waals surface area contributed by atoms with Crippen molar-refractivity contribution in [1.29, 1.82) is 0 Å². The SMILES string of the molecule is CC(=O)Nc1nnc(S(=O)(=O)N2CCN(c3ccccc3F)CC2)s1. The molecular formula is C14H16FN5O3S2. The lowest BCUT2D eigenvalue weighted by Crippen LogP contribution is -2.48. The Kier molecular flexibility index (Phi) is 4.97. The van der Waals surface area contributed by atoms with Gasteiger partial charge in [-0.3, -0.25) is 4.79 Å². The van der Waals surface area contributed by atoms with Gasteiger partial charge in [-0.2, -0.15) is 4.31 Å². The van der Waals surface area contributed by atoms with Gasteiger partial charge in [-0.25, -0.2) is 12.8 Å². The number of sulfonamides is 1. The van der Waals surface area contributed by atoms with Crippen molar-refractivity contribution < 1.29 is 17.6 Å². The van der Waals surface area contributed by atoms with Crippen molar-refractivity contribution in [2.75, 3.05) is 36.4 Å². The Morgan fingerprint density at radius 3 is 2.52 bits per heavy atom. The van der Waals surface area contributed by atoms with Gasteiger partial charge in [0.25, 0.3) is 10.0 Å². The van der Waals surface area contributed by atoms with E-state index in [1.807, 2.05) is 4.90 Å². The van der Waals surface area contributed by atoms with Crippen LogP contribution < -0.4 is 10.2 Å². The average molecular weight is 385 g/mol. The van der Waals surface area contributed by atoms with E-state index in [2.05, 4.69) is 15.5 Å². The van der Waals surface area contributed by atoms with Gasteiger partial charge >= 0.3 is 0 Å². The standard InChI is InChI=1S/C14H16FN5O3S2/c1-10(21)16-13-17-18-14(24-13)25(22,23)20-8-6-19(7-9-20)12-5-3-2-4-11(12)15/h2-5H,6-9H2,1H3,(H,16,17,21). The van der Waals surface area contributed by atoms with Gasteiger partial charge in [0.1, 0.15) is 5.82 Å². The summed E-state index contributed by atoms with van der Waals surface area (Å²) in [5, 5.41) is 9.86. The van der Waals surface area contributed by atoms with Gasteiger partial charge in [-0.15, -0.1) is 10.2 Å². The Balaban J connectivity index is 1.70. The predicted molar refractivity (Wildman–Crippen MR) is 91.6 cm³/mol. The fraction of sp³-hybridized carbons (Fsp3) is 0.357. The summed E-state index contributed by atoms with van der Waals surface area (Å²) in [5.41, 5.74) is 0.461. The summed E-state index contributed by atoms with van der Waals surface area (Å²) in [6.07, 6.45) is 0. The fourth-order valence-corrected chi connectivity index (χ4v) is 5.01. The Bertz CT molecular complexity index is 878. The molecule has 0 aliphatic carbocycles. The van der Waals surface area contributed by atoms with Gasteiger partial charge in [0.05, 0.1) is 5.69 Å². The molecule has 1 aliphatic heterocycles. The normalized spacial score (nSPS) is 16.0. The van der Waals surface area contributed by atoms with Gasteiger partial charge in [0.2, 0.25) is 15.4 Å². The second-order valence-corrected chi connectivity index (χ2v) is 8.49. The summed E-state index contributed by atoms with van der Waals surface area (Å²) in [6.45, 7) is 2.48. The minimum absolute atomic E-state index is 0.135. The zero-order valence-corrected chi connectivity index (χ0v) is 15.0. The van der Waals surface area contributed by atoms with E-state index in [1.54, 1.807) is 18.2 Å². The maximum absolute atomic E-state index is 13.9. The molecule has 0 bridgehead atoms. The quantitative estimate of drug-likeness (QED) is 0.793. The van der Waals surface area contributed by atoms with E-state index in [0.717, 1.165) is 11.3 Å². The number of nitrogens with one attached hydrogen (secondary N) is 1. The lowest BCUT2D eigenvalue weighted by Gasteiger charge is -2.34. The molecule has 2 heterocycles. The molecule has 1 amide bonds. The summed E-state index contributed by atoms with van der Waals surface area (Å²) >= 11 is 0.804. The molecule has 25 heavy (non-hydrogen) atoms. The third-order valence-corrected chi connectivity index (χ3v) is 6.76. The first kappa shape index (κ1) is 17.7. The maximum atomic E-state index is 13.9. The monoisotopic (exact) mass is 385 g/mol. The van der Waals surface area contributed by atoms with Crippen LogP contribution in [0.2, 0.25) is 0 Å². The Morgan fingerprint density at radius 2 is 1.88 bits per heavy atom. The van der Waals surface area contributed by atoms with Crippen molar-refractivity contribution in [3.05, 3.63) is 30.1 Å². The van der Waals surface area contributed by atoms with Gasteiger partial charge in [-0.05, 0) is 12.1 Å². The number of hydrogen-bond donors (Lipinski definition) is 1. The molecule has 3 rings (SSSR count). The van der Waals surface area contributed by atoms with Gasteiger partial charge < -0.3 is 10.2 Å². The van der Waals surface area contributed by atoms with Crippen LogP contribution in [-0.4, -0.2) is 55.0 Å². The Morgan fingerprint density at radius 1 is 1.20 bits per heavy atom. The summed E-state index contributed by atoms with van der Waals surface area (Å²) in [4.78, 5) is 12.8. The number of aromatic nitrogens is 2. The van der Waals surface area contributed by atoms with E-state index in [0.29, 0.717) is 18.8 Å². The van der Waals surface area contributed by atoms with Crippen LogP contribution in [0.1, 0.15) is 6.92 Å². The van der Waals surface area contributed by atoms with Crippen molar-refractivity contribution >= 4 is 38.1 Å². The first-order valence-electron chi connectivity index (χ1n) is 7.48. The number of para-hydroxylation sites is 1. The zero-order valence-electron chi connectivity index (χ0n) is 13.3. The number of hydrogen-bond acceptors (Lipinski definition) is 7. The van der Waals surface area contributed by atoms with E-state index in [1.165, 1.54) is 17.3 Å². The van der Waals surface area contributed by atoms with Gasteiger partial charge in [0, 0.05) is 33.1 Å². The van der Waals surface area contributed by atoms with Crippen LogP contribution in [0.5, 0.6) is 0 Å². The summed E-state index contributed by atoms with van der Waals surface area (Å²) in [6, 6.07) is 6.40. The molecule has 1 N–H and O–H groups in total. The molecule has 8 nitrogen and oxygen atoms in total. The maximum Gasteiger partial charge on any atom is 0.272 e. The van der Waals surface area contributed by atoms with E-state index < -0.39 is 10.0 Å². The number of nitrogens with zero attached hydrogens (tertiary/aromatic N) is 4. The van der Waals surface area contributed by atoms with Crippen LogP contribution in [0.25, 0.3) is 0 Å². The summed E-state index contributed by atoms with van der Waals surface area (Å²) in [7, 11) is -3.79. The number of piperazine rings is 1. The van der Waals surface area contributed by atoms with Crippen molar-refractivity contribution in [1.82, 2.24) is 14.5 Å². The molecule has 0 saturated carbocycles. The number of rotatable bonds is 4. The molecule has 1 aromatic carbocycles. The number of carbonyl (C=O) groups is 1. The molecule has 0 atom stereocenters. The van der Waals surface area contributed by atoms with Crippen LogP contribution in [-0.2, 0) is 14.8 Å². The van der Waals surface area contributed by atoms with E-state index in [-0.39, 0.29) is 34.3 Å². The van der Waals surface area contributed by atoms with Crippen LogP contribution in [0.15, 0.2) is 28.6 Å². The number of amides is 1. The smallest absolute Gasteiger partial charge is 0.272 e. The Hall–Kier alpha value is -2.11. The lowest BCUT2D eigenvalue weighted by atomic mass is 10.2. The van der Waals surface area contributed by atoms with E-state index in [9.17, 15) is 17.6 Å². The summed E-state index contributed by atoms with van der Waals surface area (Å²) in [5.74, 6) is -0.679. The van der Waals surface area contributed by atoms with Crippen LogP contribution in [0, 0.1) is 5.82 Å². The molecule has 0 radical (unpaired) electrons. The van der Waals surface area contributed by atoms with E-state index >= 15 is 0 Å². The molecule has 1 aromatic heterocycles.